The van der Waals surface area contributed by atoms with E-state index in [2.05, 4.69) is 20.8 Å². The van der Waals surface area contributed by atoms with Crippen LogP contribution in [-0.4, -0.2) is 12.6 Å². The van der Waals surface area contributed by atoms with Crippen molar-refractivity contribution in [2.24, 2.45) is 5.92 Å². The van der Waals surface area contributed by atoms with E-state index in [4.69, 9.17) is 4.74 Å². The number of unbranched alkanes of at least 4 members (excludes halogenated alkanes) is 18. The fraction of sp³-hybridized carbons (Fsp3) is 0.964. The van der Waals surface area contributed by atoms with Gasteiger partial charge in [0, 0.05) is 6.42 Å². The zero-order chi connectivity index (χ0) is 22.1. The van der Waals surface area contributed by atoms with Crippen LogP contribution in [0.4, 0.5) is 0 Å². The highest BCUT2D eigenvalue weighted by Crippen LogP contribution is 2.14. The molecule has 30 heavy (non-hydrogen) atoms. The van der Waals surface area contributed by atoms with Crippen molar-refractivity contribution < 1.29 is 9.53 Å². The summed E-state index contributed by atoms with van der Waals surface area (Å²) in [6.07, 6.45) is 28.4. The van der Waals surface area contributed by atoms with Crippen molar-refractivity contribution in [3.8, 4) is 0 Å². The second kappa shape index (κ2) is 24.7. The molecule has 0 bridgehead atoms. The van der Waals surface area contributed by atoms with Crippen LogP contribution in [-0.2, 0) is 9.53 Å². The van der Waals surface area contributed by atoms with Crippen LogP contribution in [0.1, 0.15) is 162 Å². The van der Waals surface area contributed by atoms with E-state index in [1.54, 1.807) is 0 Å². The summed E-state index contributed by atoms with van der Waals surface area (Å²) in [7, 11) is 0. The Morgan fingerprint density at radius 1 is 0.567 bits per heavy atom. The number of ether oxygens (including phenoxy) is 1. The van der Waals surface area contributed by atoms with Crippen LogP contribution in [0.2, 0.25) is 0 Å². The first kappa shape index (κ1) is 29.5. The Hall–Kier alpha value is -0.530. The van der Waals surface area contributed by atoms with Crippen molar-refractivity contribution in [1.82, 2.24) is 0 Å². The molecule has 2 nitrogen and oxygen atoms in total. The van der Waals surface area contributed by atoms with Gasteiger partial charge in [0.25, 0.3) is 0 Å². The summed E-state index contributed by atoms with van der Waals surface area (Å²) >= 11 is 0. The first-order chi connectivity index (χ1) is 14.7. The van der Waals surface area contributed by atoms with E-state index in [0.29, 0.717) is 13.0 Å². The molecule has 0 unspecified atom stereocenters. The van der Waals surface area contributed by atoms with Crippen molar-refractivity contribution in [1.29, 1.82) is 0 Å². The molecule has 2 heteroatoms. The minimum absolute atomic E-state index is 0.0207. The minimum Gasteiger partial charge on any atom is -0.466 e. The van der Waals surface area contributed by atoms with Gasteiger partial charge in [0.2, 0.25) is 0 Å². The molecule has 0 rings (SSSR count). The first-order valence-electron chi connectivity index (χ1n) is 13.8. The maximum Gasteiger partial charge on any atom is 0.305 e. The van der Waals surface area contributed by atoms with E-state index in [0.717, 1.165) is 18.8 Å². The van der Waals surface area contributed by atoms with Gasteiger partial charge in [-0.3, -0.25) is 4.79 Å². The van der Waals surface area contributed by atoms with Crippen molar-refractivity contribution >= 4 is 5.97 Å². The third-order valence-corrected chi connectivity index (χ3v) is 6.17. The Morgan fingerprint density at radius 2 is 0.967 bits per heavy atom. The lowest BCUT2D eigenvalue weighted by molar-refractivity contribution is -0.143. The van der Waals surface area contributed by atoms with Crippen molar-refractivity contribution in [3.05, 3.63) is 0 Å². The van der Waals surface area contributed by atoms with Gasteiger partial charge in [0.15, 0.2) is 0 Å². The van der Waals surface area contributed by atoms with Gasteiger partial charge in [-0.2, -0.15) is 0 Å². The van der Waals surface area contributed by atoms with Crippen LogP contribution >= 0.6 is 0 Å². The SMILES string of the molecule is CCCCCCCCCCCCCC(=O)OCCCCCCCCCCCC(C)C. The van der Waals surface area contributed by atoms with Crippen LogP contribution in [0, 0.1) is 5.92 Å². The lowest BCUT2D eigenvalue weighted by Gasteiger charge is -2.06. The van der Waals surface area contributed by atoms with Crippen molar-refractivity contribution in [2.45, 2.75) is 162 Å². The Morgan fingerprint density at radius 3 is 1.43 bits per heavy atom. The molecule has 0 N–H and O–H groups in total. The molecule has 0 saturated carbocycles. The highest BCUT2D eigenvalue weighted by Gasteiger charge is 2.02. The Kier molecular flexibility index (Phi) is 24.3. The molecule has 180 valence electrons. The highest BCUT2D eigenvalue weighted by atomic mass is 16.5. The maximum absolute atomic E-state index is 11.8. The number of rotatable bonds is 24. The normalized spacial score (nSPS) is 11.3. The number of hydrogen-bond donors (Lipinski definition) is 0. The number of carbonyl (C=O) groups is 1. The Balaban J connectivity index is 3.15. The monoisotopic (exact) mass is 424 g/mol. The third kappa shape index (κ3) is 25.5. The number of carbonyl (C=O) groups excluding carboxylic acids is 1. The summed E-state index contributed by atoms with van der Waals surface area (Å²) < 4.78 is 5.39. The molecule has 0 atom stereocenters. The molecule has 0 amide bonds. The van der Waals surface area contributed by atoms with E-state index >= 15 is 0 Å². The van der Waals surface area contributed by atoms with Gasteiger partial charge in [-0.05, 0) is 18.8 Å². The lowest BCUT2D eigenvalue weighted by atomic mass is 10.0. The van der Waals surface area contributed by atoms with Crippen LogP contribution in [0.5, 0.6) is 0 Å². The van der Waals surface area contributed by atoms with E-state index in [-0.39, 0.29) is 5.97 Å². The van der Waals surface area contributed by atoms with Crippen LogP contribution in [0.3, 0.4) is 0 Å². The average molecular weight is 425 g/mol. The number of esters is 1. The van der Waals surface area contributed by atoms with Gasteiger partial charge in [-0.1, -0.05) is 143 Å². The third-order valence-electron chi connectivity index (χ3n) is 6.17. The molecular formula is C28H56O2. The van der Waals surface area contributed by atoms with Gasteiger partial charge in [-0.25, -0.2) is 0 Å². The second-order valence-corrected chi connectivity index (χ2v) is 9.87. The van der Waals surface area contributed by atoms with Crippen LogP contribution in [0.15, 0.2) is 0 Å². The van der Waals surface area contributed by atoms with Crippen LogP contribution < -0.4 is 0 Å². The molecule has 0 aromatic carbocycles. The molecule has 0 radical (unpaired) electrons. The molecule has 0 aliphatic carbocycles. The van der Waals surface area contributed by atoms with Gasteiger partial charge in [0.05, 0.1) is 6.61 Å². The lowest BCUT2D eigenvalue weighted by Crippen LogP contribution is -2.05. The fourth-order valence-electron chi connectivity index (χ4n) is 4.08. The predicted octanol–water partition coefficient (Wildman–Crippen LogP) is 9.79. The van der Waals surface area contributed by atoms with Crippen molar-refractivity contribution in [3.63, 3.8) is 0 Å². The molecule has 0 heterocycles. The van der Waals surface area contributed by atoms with Gasteiger partial charge in [-0.15, -0.1) is 0 Å². The van der Waals surface area contributed by atoms with Crippen molar-refractivity contribution in [2.75, 3.05) is 6.61 Å². The Labute approximate surface area is 190 Å². The highest BCUT2D eigenvalue weighted by molar-refractivity contribution is 5.69. The zero-order valence-electron chi connectivity index (χ0n) is 21.2. The molecule has 0 aliphatic rings. The first-order valence-corrected chi connectivity index (χ1v) is 13.8. The van der Waals surface area contributed by atoms with E-state index in [1.807, 2.05) is 0 Å². The molecule has 0 fully saturated rings. The largest absolute Gasteiger partial charge is 0.466 e. The van der Waals surface area contributed by atoms with Crippen LogP contribution in [0.25, 0.3) is 0 Å². The summed E-state index contributed by atoms with van der Waals surface area (Å²) in [6, 6.07) is 0. The summed E-state index contributed by atoms with van der Waals surface area (Å²) in [4.78, 5) is 11.8. The smallest absolute Gasteiger partial charge is 0.305 e. The number of hydrogen-bond acceptors (Lipinski definition) is 2. The van der Waals surface area contributed by atoms with Gasteiger partial charge < -0.3 is 4.74 Å². The average Bonchev–Trinajstić information content (AvgIpc) is 2.72. The molecule has 0 aromatic rings. The zero-order valence-corrected chi connectivity index (χ0v) is 21.2. The fourth-order valence-corrected chi connectivity index (χ4v) is 4.08. The summed E-state index contributed by atoms with van der Waals surface area (Å²) in [5.74, 6) is 0.881. The second-order valence-electron chi connectivity index (χ2n) is 9.87. The summed E-state index contributed by atoms with van der Waals surface area (Å²) in [5.41, 5.74) is 0. The predicted molar refractivity (Wildman–Crippen MR) is 133 cm³/mol. The molecule has 0 spiro atoms. The van der Waals surface area contributed by atoms with E-state index in [9.17, 15) is 4.79 Å². The maximum atomic E-state index is 11.8. The molecule has 0 saturated heterocycles. The van der Waals surface area contributed by atoms with Gasteiger partial charge >= 0.3 is 5.97 Å². The minimum atomic E-state index is 0.0207. The quantitative estimate of drug-likeness (QED) is 0.114. The molecular weight excluding hydrogens is 368 g/mol. The van der Waals surface area contributed by atoms with Gasteiger partial charge in [0.1, 0.15) is 0 Å². The standard InChI is InChI=1S/C28H56O2/c1-4-5-6-7-8-9-10-13-16-19-22-25-28(29)30-26-23-20-17-14-11-12-15-18-21-24-27(2)3/h27H,4-26H2,1-3H3. The Bertz CT molecular complexity index is 338. The topological polar surface area (TPSA) is 26.3 Å². The molecule has 0 aromatic heterocycles. The van der Waals surface area contributed by atoms with E-state index in [1.165, 1.54) is 122 Å². The molecule has 0 aliphatic heterocycles. The summed E-state index contributed by atoms with van der Waals surface area (Å²) in [6.45, 7) is 7.53. The summed E-state index contributed by atoms with van der Waals surface area (Å²) in [5, 5.41) is 0. The van der Waals surface area contributed by atoms with E-state index < -0.39 is 0 Å².